The fourth-order valence-corrected chi connectivity index (χ4v) is 4.31. The highest BCUT2D eigenvalue weighted by molar-refractivity contribution is 9.10. The quantitative estimate of drug-likeness (QED) is 0.375. The number of aromatic nitrogens is 3. The topological polar surface area (TPSA) is 75.2 Å². The molecule has 134 valence electrons. The number of nitrogens with zero attached hydrogens (tertiary/aromatic N) is 3. The molecule has 2 N–H and O–H groups in total. The van der Waals surface area contributed by atoms with E-state index in [1.165, 1.54) is 0 Å². The zero-order valence-corrected chi connectivity index (χ0v) is 18.6. The highest BCUT2D eigenvalue weighted by atomic mass is 79.9. The van der Waals surface area contributed by atoms with Crippen molar-refractivity contribution < 1.29 is 9.05 Å². The molecule has 2 heterocycles. The Labute approximate surface area is 166 Å². The van der Waals surface area contributed by atoms with Crippen molar-refractivity contribution in [2.75, 3.05) is 13.2 Å². The largest absolute Gasteiger partial charge is 0.392 e. The minimum atomic E-state index is -2.16. The fourth-order valence-electron chi connectivity index (χ4n) is 1.81. The molecule has 0 saturated carbocycles. The van der Waals surface area contributed by atoms with E-state index in [-0.39, 0.29) is 0 Å². The summed E-state index contributed by atoms with van der Waals surface area (Å²) in [4.78, 5) is 8.97. The molecule has 0 bridgehead atoms. The molecule has 2 aromatic rings. The third-order valence-electron chi connectivity index (χ3n) is 2.66. The van der Waals surface area contributed by atoms with Gasteiger partial charge in [0.15, 0.2) is 5.65 Å². The van der Waals surface area contributed by atoms with E-state index in [1.807, 2.05) is 31.4 Å². The van der Waals surface area contributed by atoms with Crippen LogP contribution in [0, 0.1) is 6.92 Å². The molecule has 0 fully saturated rings. The van der Waals surface area contributed by atoms with E-state index in [0.29, 0.717) is 30.4 Å². The molecule has 0 aliphatic carbocycles. The fraction of sp³-hybridized carbons (Fsp3) is 0.462. The zero-order valence-electron chi connectivity index (χ0n) is 13.6. The third-order valence-corrected chi connectivity index (χ3v) is 5.72. The van der Waals surface area contributed by atoms with Crippen LogP contribution in [0.1, 0.15) is 19.7 Å². The Morgan fingerprint density at radius 3 is 2.50 bits per heavy atom. The minimum Gasteiger partial charge on any atom is -0.392 e. The molecule has 11 heteroatoms. The van der Waals surface area contributed by atoms with Crippen LogP contribution in [-0.4, -0.2) is 32.7 Å². The van der Waals surface area contributed by atoms with Crippen molar-refractivity contribution >= 4 is 74.0 Å². The molecular formula is C13H20BrN4O2PS3. The second kappa shape index (κ2) is 10.2. The Kier molecular flexibility index (Phi) is 9.29. The number of thiocarbonyl (C=S) groups is 1. The molecule has 24 heavy (non-hydrogen) atoms. The molecule has 6 nitrogen and oxygen atoms in total. The van der Waals surface area contributed by atoms with Crippen molar-refractivity contribution in [3.05, 3.63) is 22.6 Å². The van der Waals surface area contributed by atoms with Crippen LogP contribution in [0.5, 0.6) is 0 Å². The first kappa shape index (κ1) is 22.0. The van der Waals surface area contributed by atoms with Gasteiger partial charge in [0.25, 0.3) is 0 Å². The predicted molar refractivity (Wildman–Crippen MR) is 113 cm³/mol. The molecule has 0 saturated heterocycles. The summed E-state index contributed by atoms with van der Waals surface area (Å²) in [5.74, 6) is 0.864. The van der Waals surface area contributed by atoms with E-state index in [9.17, 15) is 0 Å². The van der Waals surface area contributed by atoms with Crippen molar-refractivity contribution in [1.82, 2.24) is 14.5 Å². The van der Waals surface area contributed by atoms with Gasteiger partial charge < -0.3 is 19.3 Å². The highest BCUT2D eigenvalue weighted by Crippen LogP contribution is 2.52. The molecular weight excluding hydrogens is 451 g/mol. The summed E-state index contributed by atoms with van der Waals surface area (Å²) in [7, 11) is 0. The second-order valence-corrected chi connectivity index (χ2v) is 11.2. The van der Waals surface area contributed by atoms with Gasteiger partial charge in [-0.2, -0.15) is 0 Å². The molecule has 2 aromatic heterocycles. The number of hydrogen-bond acceptors (Lipinski definition) is 6. The van der Waals surface area contributed by atoms with E-state index in [2.05, 4.69) is 38.1 Å². The minimum absolute atomic E-state index is 0.442. The van der Waals surface area contributed by atoms with Crippen LogP contribution in [0.4, 0.5) is 0 Å². The van der Waals surface area contributed by atoms with Gasteiger partial charge in [0.05, 0.1) is 30.3 Å². The molecule has 0 atom stereocenters. The summed E-state index contributed by atoms with van der Waals surface area (Å²) in [5, 5.41) is 0. The first-order valence-electron chi connectivity index (χ1n) is 7.08. The lowest BCUT2D eigenvalue weighted by molar-refractivity contribution is 0.281. The van der Waals surface area contributed by atoms with Gasteiger partial charge in [-0.25, -0.2) is 9.97 Å². The highest BCUT2D eigenvalue weighted by Gasteiger charge is 2.09. The summed E-state index contributed by atoms with van der Waals surface area (Å²) in [6.07, 6.45) is 1.72. The standard InChI is InChI=1S/C9H9BrN4S.C4H11O2PS2/c1-5-13-9-7(2-6(10)3-12-9)14(5)4-8(11)15;1-3-5-7(8,9)6-4-2/h2-3H,4H2,1H3,(H2,11,15);3-4H2,1-2H3,(H,8,9). The zero-order chi connectivity index (χ0) is 18.3. The number of pyridine rings is 1. The maximum atomic E-state index is 5.53. The first-order valence-corrected chi connectivity index (χ1v) is 12.1. The molecule has 0 aromatic carbocycles. The Hall–Kier alpha value is -0.0900. The Bertz CT molecular complexity index is 746. The van der Waals surface area contributed by atoms with Gasteiger partial charge in [0, 0.05) is 10.7 Å². The van der Waals surface area contributed by atoms with Crippen LogP contribution in [-0.2, 0) is 27.4 Å². The van der Waals surface area contributed by atoms with Crippen LogP contribution in [0.15, 0.2) is 16.7 Å². The summed E-state index contributed by atoms with van der Waals surface area (Å²) in [6.45, 7) is 7.29. The van der Waals surface area contributed by atoms with E-state index < -0.39 is 5.69 Å². The maximum absolute atomic E-state index is 5.53. The van der Waals surface area contributed by atoms with Crippen molar-refractivity contribution in [2.24, 2.45) is 5.73 Å². The first-order chi connectivity index (χ1) is 11.2. The monoisotopic (exact) mass is 470 g/mol. The molecule has 0 radical (unpaired) electrons. The van der Waals surface area contributed by atoms with Gasteiger partial charge in [-0.15, -0.1) is 0 Å². The summed E-state index contributed by atoms with van der Waals surface area (Å²) in [5.41, 5.74) is 5.02. The summed E-state index contributed by atoms with van der Waals surface area (Å²) >= 11 is 17.2. The summed E-state index contributed by atoms with van der Waals surface area (Å²) in [6, 6.07) is 1.96. The Morgan fingerprint density at radius 1 is 1.42 bits per heavy atom. The van der Waals surface area contributed by atoms with E-state index in [1.54, 1.807) is 6.20 Å². The molecule has 0 amide bonds. The number of thiol groups is 1. The Balaban J connectivity index is 0.000000277. The molecule has 0 aliphatic heterocycles. The number of hydrogen-bond donors (Lipinski definition) is 2. The van der Waals surface area contributed by atoms with Gasteiger partial charge in [-0.3, -0.25) is 0 Å². The smallest absolute Gasteiger partial charge is 0.244 e. The number of rotatable bonds is 6. The number of imidazole rings is 1. The van der Waals surface area contributed by atoms with Gasteiger partial charge >= 0.3 is 0 Å². The van der Waals surface area contributed by atoms with Crippen LogP contribution >= 0.6 is 46.1 Å². The lowest BCUT2D eigenvalue weighted by Gasteiger charge is -2.13. The maximum Gasteiger partial charge on any atom is 0.244 e. The van der Waals surface area contributed by atoms with Gasteiger partial charge in [-0.05, 0) is 54.6 Å². The molecule has 2 rings (SSSR count). The lowest BCUT2D eigenvalue weighted by Crippen LogP contribution is -2.17. The Morgan fingerprint density at radius 2 is 2.00 bits per heavy atom. The lowest BCUT2D eigenvalue weighted by atomic mass is 10.4. The molecule has 0 spiro atoms. The van der Waals surface area contributed by atoms with Crippen LogP contribution in [0.25, 0.3) is 11.2 Å². The van der Waals surface area contributed by atoms with Gasteiger partial charge in [0.1, 0.15) is 5.82 Å². The van der Waals surface area contributed by atoms with Gasteiger partial charge in [0.2, 0.25) is 5.69 Å². The third kappa shape index (κ3) is 7.03. The van der Waals surface area contributed by atoms with E-state index in [4.69, 9.17) is 38.8 Å². The number of nitrogens with two attached hydrogens (primary N) is 1. The average Bonchev–Trinajstić information content (AvgIpc) is 2.75. The van der Waals surface area contributed by atoms with Crippen LogP contribution < -0.4 is 5.73 Å². The number of aryl methyl sites for hydroxylation is 1. The number of fused-ring (bicyclic) bond motifs is 1. The van der Waals surface area contributed by atoms with Crippen molar-refractivity contribution in [1.29, 1.82) is 0 Å². The van der Waals surface area contributed by atoms with E-state index in [0.717, 1.165) is 15.8 Å². The molecule has 0 aliphatic rings. The van der Waals surface area contributed by atoms with E-state index >= 15 is 0 Å². The normalized spacial score (nSPS) is 11.2. The molecule has 0 unspecified atom stereocenters. The van der Waals surface area contributed by atoms with Crippen LogP contribution in [0.2, 0.25) is 0 Å². The second-order valence-electron chi connectivity index (χ2n) is 4.51. The predicted octanol–water partition coefficient (Wildman–Crippen LogP) is 4.00. The van der Waals surface area contributed by atoms with Crippen molar-refractivity contribution in [2.45, 2.75) is 27.3 Å². The number of halogens is 1. The summed E-state index contributed by atoms with van der Waals surface area (Å²) < 4.78 is 12.9. The van der Waals surface area contributed by atoms with Crippen molar-refractivity contribution in [3.63, 3.8) is 0 Å². The van der Waals surface area contributed by atoms with Gasteiger partial charge in [-0.1, -0.05) is 24.5 Å². The SMILES string of the molecule is CCOP(=S)(S)OCC.Cc1nc2ncc(Br)cc2n1CC(N)=S. The average molecular weight is 471 g/mol. The van der Waals surface area contributed by atoms with Crippen molar-refractivity contribution in [3.8, 4) is 0 Å². The van der Waals surface area contributed by atoms with Crippen LogP contribution in [0.3, 0.4) is 0 Å².